The van der Waals surface area contributed by atoms with Crippen LogP contribution in [0.1, 0.15) is 41.8 Å². The van der Waals surface area contributed by atoms with Crippen molar-refractivity contribution in [1.82, 2.24) is 0 Å². The molecule has 0 amide bonds. The van der Waals surface area contributed by atoms with Crippen molar-refractivity contribution in [3.8, 4) is 0 Å². The molecule has 0 heterocycles. The third kappa shape index (κ3) is 2.68. The molecule has 2 aromatic carbocycles. The first-order valence-corrected chi connectivity index (χ1v) is 7.48. The van der Waals surface area contributed by atoms with E-state index in [1.54, 1.807) is 24.3 Å². The highest BCUT2D eigenvalue weighted by Gasteiger charge is 2.34. The predicted molar refractivity (Wildman–Crippen MR) is 89.5 cm³/mol. The van der Waals surface area contributed by atoms with Gasteiger partial charge in [0, 0.05) is 17.2 Å². The number of fused-ring (bicyclic) bond motifs is 1. The standard InChI is InChI=1S/C19H17NO3/c1-19(2)12-14(18(21)15-8-4-5-9-16(15)19)11-13-7-3-6-10-17(13)20(22)23/h3-11H,12H2,1-2H3/b14-11+. The summed E-state index contributed by atoms with van der Waals surface area (Å²) in [6.45, 7) is 4.18. The summed E-state index contributed by atoms with van der Waals surface area (Å²) in [5.41, 5.74) is 2.64. The maximum atomic E-state index is 12.8. The molecule has 23 heavy (non-hydrogen) atoms. The second-order valence-corrected chi connectivity index (χ2v) is 6.42. The fraction of sp³-hybridized carbons (Fsp3) is 0.211. The molecule has 0 aromatic heterocycles. The second kappa shape index (κ2) is 5.47. The van der Waals surface area contributed by atoms with Crippen molar-refractivity contribution in [3.05, 3.63) is 80.9 Å². The second-order valence-electron chi connectivity index (χ2n) is 6.42. The fourth-order valence-corrected chi connectivity index (χ4v) is 3.18. The number of nitro groups is 1. The summed E-state index contributed by atoms with van der Waals surface area (Å²) in [5.74, 6) is -0.0434. The van der Waals surface area contributed by atoms with Gasteiger partial charge in [-0.25, -0.2) is 0 Å². The Labute approximate surface area is 134 Å². The summed E-state index contributed by atoms with van der Waals surface area (Å²) in [6.07, 6.45) is 2.23. The van der Waals surface area contributed by atoms with E-state index >= 15 is 0 Å². The zero-order valence-corrected chi connectivity index (χ0v) is 13.1. The molecule has 0 fully saturated rings. The summed E-state index contributed by atoms with van der Waals surface area (Å²) in [6, 6.07) is 14.1. The zero-order valence-electron chi connectivity index (χ0n) is 13.1. The SMILES string of the molecule is CC1(C)C/C(=C\c2ccccc2[N+](=O)[O-])C(=O)c2ccccc21. The molecular formula is C19H17NO3. The highest BCUT2D eigenvalue weighted by atomic mass is 16.6. The van der Waals surface area contributed by atoms with Gasteiger partial charge in [0.1, 0.15) is 0 Å². The molecule has 4 heteroatoms. The van der Waals surface area contributed by atoms with Crippen LogP contribution in [-0.4, -0.2) is 10.7 Å². The van der Waals surface area contributed by atoms with E-state index < -0.39 is 4.92 Å². The van der Waals surface area contributed by atoms with Gasteiger partial charge in [-0.2, -0.15) is 0 Å². The Hall–Kier alpha value is -2.75. The van der Waals surface area contributed by atoms with Crippen LogP contribution in [0.4, 0.5) is 5.69 Å². The van der Waals surface area contributed by atoms with E-state index in [1.165, 1.54) is 6.07 Å². The van der Waals surface area contributed by atoms with E-state index in [4.69, 9.17) is 0 Å². The first-order valence-electron chi connectivity index (χ1n) is 7.48. The van der Waals surface area contributed by atoms with Gasteiger partial charge >= 0.3 is 0 Å². The molecule has 4 nitrogen and oxygen atoms in total. The molecule has 0 saturated carbocycles. The third-order valence-corrected chi connectivity index (χ3v) is 4.29. The lowest BCUT2D eigenvalue weighted by Gasteiger charge is -2.33. The Morgan fingerprint density at radius 2 is 1.74 bits per heavy atom. The molecule has 0 N–H and O–H groups in total. The molecule has 0 saturated heterocycles. The van der Waals surface area contributed by atoms with Crippen LogP contribution in [0.5, 0.6) is 0 Å². The normalized spacial score (nSPS) is 17.8. The van der Waals surface area contributed by atoms with Crippen LogP contribution in [0.15, 0.2) is 54.1 Å². The van der Waals surface area contributed by atoms with Gasteiger partial charge in [-0.15, -0.1) is 0 Å². The highest BCUT2D eigenvalue weighted by Crippen LogP contribution is 2.40. The number of para-hydroxylation sites is 1. The lowest BCUT2D eigenvalue weighted by Crippen LogP contribution is -2.29. The van der Waals surface area contributed by atoms with Gasteiger partial charge in [0.15, 0.2) is 5.78 Å². The highest BCUT2D eigenvalue weighted by molar-refractivity contribution is 6.13. The smallest absolute Gasteiger partial charge is 0.276 e. The van der Waals surface area contributed by atoms with Crippen molar-refractivity contribution in [2.45, 2.75) is 25.7 Å². The van der Waals surface area contributed by atoms with E-state index in [2.05, 4.69) is 13.8 Å². The first-order chi connectivity index (χ1) is 10.9. The van der Waals surface area contributed by atoms with Crippen LogP contribution in [0.3, 0.4) is 0 Å². The predicted octanol–water partition coefficient (Wildman–Crippen LogP) is 4.54. The van der Waals surface area contributed by atoms with Gasteiger partial charge in [0.25, 0.3) is 5.69 Å². The van der Waals surface area contributed by atoms with Crippen LogP contribution >= 0.6 is 0 Å². The van der Waals surface area contributed by atoms with Crippen molar-refractivity contribution in [1.29, 1.82) is 0 Å². The number of nitrogens with zero attached hydrogens (tertiary/aromatic N) is 1. The summed E-state index contributed by atoms with van der Waals surface area (Å²) in [7, 11) is 0. The summed E-state index contributed by atoms with van der Waals surface area (Å²) < 4.78 is 0. The van der Waals surface area contributed by atoms with Crippen molar-refractivity contribution in [3.63, 3.8) is 0 Å². The molecule has 3 rings (SSSR count). The quantitative estimate of drug-likeness (QED) is 0.465. The van der Waals surface area contributed by atoms with Gasteiger partial charge in [-0.3, -0.25) is 14.9 Å². The van der Waals surface area contributed by atoms with Gasteiger partial charge in [-0.1, -0.05) is 50.2 Å². The maximum absolute atomic E-state index is 12.8. The van der Waals surface area contributed by atoms with Crippen LogP contribution in [0, 0.1) is 10.1 Å². The molecular weight excluding hydrogens is 290 g/mol. The van der Waals surface area contributed by atoms with E-state index in [0.29, 0.717) is 23.1 Å². The molecule has 0 spiro atoms. The largest absolute Gasteiger partial charge is 0.289 e. The topological polar surface area (TPSA) is 60.2 Å². The Morgan fingerprint density at radius 3 is 2.48 bits per heavy atom. The number of ketones is 1. The average Bonchev–Trinajstić information content (AvgIpc) is 2.52. The molecule has 1 aliphatic carbocycles. The average molecular weight is 307 g/mol. The van der Waals surface area contributed by atoms with Crippen LogP contribution < -0.4 is 0 Å². The van der Waals surface area contributed by atoms with E-state index in [9.17, 15) is 14.9 Å². The van der Waals surface area contributed by atoms with Crippen molar-refractivity contribution < 1.29 is 9.72 Å². The van der Waals surface area contributed by atoms with Gasteiger partial charge in [0.2, 0.25) is 0 Å². The van der Waals surface area contributed by atoms with Gasteiger partial charge in [0.05, 0.1) is 10.5 Å². The first kappa shape index (κ1) is 15.2. The monoisotopic (exact) mass is 307 g/mol. The van der Waals surface area contributed by atoms with Crippen molar-refractivity contribution in [2.24, 2.45) is 0 Å². The van der Waals surface area contributed by atoms with Crippen molar-refractivity contribution in [2.75, 3.05) is 0 Å². The molecule has 2 aromatic rings. The fourth-order valence-electron chi connectivity index (χ4n) is 3.18. The number of carbonyl (C=O) groups excluding carboxylic acids is 1. The summed E-state index contributed by atoms with van der Waals surface area (Å²) in [4.78, 5) is 23.5. The van der Waals surface area contributed by atoms with Crippen LogP contribution in [0.2, 0.25) is 0 Å². The number of hydrogen-bond acceptors (Lipinski definition) is 3. The Bertz CT molecular complexity index is 834. The van der Waals surface area contributed by atoms with Gasteiger partial charge < -0.3 is 0 Å². The van der Waals surface area contributed by atoms with E-state index in [1.807, 2.05) is 24.3 Å². The van der Waals surface area contributed by atoms with E-state index in [0.717, 1.165) is 5.56 Å². The Morgan fingerprint density at radius 1 is 1.09 bits per heavy atom. The number of hydrogen-bond donors (Lipinski definition) is 0. The number of rotatable bonds is 2. The minimum absolute atomic E-state index is 0.0180. The number of allylic oxidation sites excluding steroid dienone is 1. The molecule has 0 aliphatic heterocycles. The zero-order chi connectivity index (χ0) is 16.6. The Balaban J connectivity index is 2.13. The molecule has 0 bridgehead atoms. The molecule has 1 aliphatic rings. The lowest BCUT2D eigenvalue weighted by molar-refractivity contribution is -0.385. The minimum Gasteiger partial charge on any atom is -0.289 e. The van der Waals surface area contributed by atoms with Crippen LogP contribution in [-0.2, 0) is 5.41 Å². The number of nitro benzene ring substituents is 1. The van der Waals surface area contributed by atoms with Gasteiger partial charge in [-0.05, 0) is 29.5 Å². The molecule has 0 atom stereocenters. The minimum atomic E-state index is -0.418. The number of benzene rings is 2. The summed E-state index contributed by atoms with van der Waals surface area (Å²) >= 11 is 0. The Kier molecular flexibility index (Phi) is 3.60. The molecule has 0 unspecified atom stereocenters. The lowest BCUT2D eigenvalue weighted by atomic mass is 9.70. The number of carbonyl (C=O) groups is 1. The molecule has 116 valence electrons. The van der Waals surface area contributed by atoms with Crippen LogP contribution in [0.25, 0.3) is 6.08 Å². The van der Waals surface area contributed by atoms with Crippen molar-refractivity contribution >= 4 is 17.5 Å². The summed E-state index contributed by atoms with van der Waals surface area (Å²) in [5, 5.41) is 11.2. The molecule has 0 radical (unpaired) electrons. The maximum Gasteiger partial charge on any atom is 0.276 e. The van der Waals surface area contributed by atoms with E-state index in [-0.39, 0.29) is 16.9 Å². The number of Topliss-reactive ketones (excluding diaryl/α,β-unsaturated/α-hetero) is 1. The third-order valence-electron chi connectivity index (χ3n) is 4.29.